The van der Waals surface area contributed by atoms with Gasteiger partial charge in [-0.1, -0.05) is 18.2 Å². The summed E-state index contributed by atoms with van der Waals surface area (Å²) in [6.07, 6.45) is 2.82. The Bertz CT molecular complexity index is 424. The van der Waals surface area contributed by atoms with Crippen molar-refractivity contribution in [2.75, 3.05) is 19.0 Å². The fraction of sp³-hybridized carbons (Fsp3) is 0.333. The fourth-order valence-corrected chi connectivity index (χ4v) is 1.77. The zero-order valence-electron chi connectivity index (χ0n) is 8.50. The highest BCUT2D eigenvalue weighted by Gasteiger charge is 2.03. The first-order chi connectivity index (χ1) is 7.42. The molecule has 0 saturated heterocycles. The van der Waals surface area contributed by atoms with Crippen molar-refractivity contribution < 1.29 is 4.42 Å². The lowest BCUT2D eigenvalue weighted by molar-refractivity contribution is 0.607. The molecule has 0 unspecified atom stereocenters. The molecule has 1 aromatic carbocycles. The summed E-state index contributed by atoms with van der Waals surface area (Å²) < 4.78 is 5.45. The van der Waals surface area contributed by atoms with Crippen LogP contribution in [0.25, 0.3) is 11.0 Å². The third-order valence-corrected chi connectivity index (χ3v) is 2.59. The number of nitrogens with one attached hydrogen (secondary N) is 1. The van der Waals surface area contributed by atoms with Crippen LogP contribution in [0.4, 0.5) is 0 Å². The van der Waals surface area contributed by atoms with Crippen LogP contribution in [0.3, 0.4) is 0 Å². The number of hydrogen-bond acceptors (Lipinski definition) is 2. The first-order valence-corrected chi connectivity index (χ1v) is 5.67. The van der Waals surface area contributed by atoms with Gasteiger partial charge in [0.2, 0.25) is 0 Å². The summed E-state index contributed by atoms with van der Waals surface area (Å²) in [5.74, 6) is 0.659. The molecule has 80 valence electrons. The molecule has 0 spiro atoms. The molecule has 2 aromatic rings. The van der Waals surface area contributed by atoms with Gasteiger partial charge in [-0.2, -0.15) is 0 Å². The van der Waals surface area contributed by atoms with Gasteiger partial charge in [-0.15, -0.1) is 11.6 Å². The summed E-state index contributed by atoms with van der Waals surface area (Å²) in [5, 5.41) is 4.48. The van der Waals surface area contributed by atoms with E-state index < -0.39 is 0 Å². The van der Waals surface area contributed by atoms with E-state index in [1.165, 1.54) is 10.9 Å². The minimum atomic E-state index is 0.659. The lowest BCUT2D eigenvalue weighted by Gasteiger charge is -2.00. The number of fused-ring (bicyclic) bond motifs is 1. The molecule has 0 aliphatic carbocycles. The second-order valence-electron chi connectivity index (χ2n) is 3.45. The smallest absolute Gasteiger partial charge is 0.134 e. The summed E-state index contributed by atoms with van der Waals surface area (Å²) in [4.78, 5) is 0. The van der Waals surface area contributed by atoms with Gasteiger partial charge < -0.3 is 9.73 Å². The van der Waals surface area contributed by atoms with Crippen LogP contribution in [0, 0.1) is 0 Å². The summed E-state index contributed by atoms with van der Waals surface area (Å²) in [6.45, 7) is 1.80. The predicted molar refractivity (Wildman–Crippen MR) is 63.5 cm³/mol. The minimum absolute atomic E-state index is 0.659. The number of hydrogen-bond donors (Lipinski definition) is 1. The van der Waals surface area contributed by atoms with Gasteiger partial charge in [0, 0.05) is 17.8 Å². The highest BCUT2D eigenvalue weighted by molar-refractivity contribution is 6.18. The van der Waals surface area contributed by atoms with Crippen LogP contribution < -0.4 is 5.32 Å². The molecule has 0 saturated carbocycles. The van der Waals surface area contributed by atoms with Crippen LogP contribution in [-0.2, 0) is 6.42 Å². The summed E-state index contributed by atoms with van der Waals surface area (Å²) in [6, 6.07) is 8.11. The van der Waals surface area contributed by atoms with E-state index >= 15 is 0 Å². The second kappa shape index (κ2) is 5.19. The Balaban J connectivity index is 2.02. The molecule has 0 bridgehead atoms. The first-order valence-electron chi connectivity index (χ1n) is 5.13. The molecule has 1 heterocycles. The van der Waals surface area contributed by atoms with Crippen molar-refractivity contribution in [1.29, 1.82) is 0 Å². The molecule has 2 rings (SSSR count). The molecule has 1 aromatic heterocycles. The van der Waals surface area contributed by atoms with E-state index in [1.54, 1.807) is 0 Å². The second-order valence-corrected chi connectivity index (χ2v) is 3.82. The quantitative estimate of drug-likeness (QED) is 0.623. The van der Waals surface area contributed by atoms with Crippen molar-refractivity contribution in [3.63, 3.8) is 0 Å². The van der Waals surface area contributed by atoms with E-state index in [1.807, 2.05) is 24.5 Å². The molecular formula is C12H14ClNO. The zero-order chi connectivity index (χ0) is 10.5. The van der Waals surface area contributed by atoms with Crippen LogP contribution in [-0.4, -0.2) is 19.0 Å². The molecule has 3 heteroatoms. The van der Waals surface area contributed by atoms with Gasteiger partial charge in [-0.05, 0) is 24.6 Å². The van der Waals surface area contributed by atoms with Gasteiger partial charge in [0.05, 0.1) is 6.26 Å². The third kappa shape index (κ3) is 2.52. The molecule has 2 nitrogen and oxygen atoms in total. The molecule has 0 radical (unpaired) electrons. The Morgan fingerprint density at radius 1 is 1.20 bits per heavy atom. The van der Waals surface area contributed by atoms with Crippen molar-refractivity contribution >= 4 is 22.6 Å². The largest absolute Gasteiger partial charge is 0.464 e. The number of halogens is 1. The number of rotatable bonds is 5. The highest BCUT2D eigenvalue weighted by Crippen LogP contribution is 2.20. The monoisotopic (exact) mass is 223 g/mol. The van der Waals surface area contributed by atoms with Gasteiger partial charge in [0.1, 0.15) is 5.58 Å². The topological polar surface area (TPSA) is 25.2 Å². The van der Waals surface area contributed by atoms with Crippen molar-refractivity contribution in [1.82, 2.24) is 5.32 Å². The molecule has 0 fully saturated rings. The Hall–Kier alpha value is -0.990. The Morgan fingerprint density at radius 2 is 2.07 bits per heavy atom. The number of furan rings is 1. The van der Waals surface area contributed by atoms with E-state index in [4.69, 9.17) is 16.0 Å². The average molecular weight is 224 g/mol. The van der Waals surface area contributed by atoms with Gasteiger partial charge >= 0.3 is 0 Å². The molecule has 0 aliphatic rings. The molecule has 1 N–H and O–H groups in total. The van der Waals surface area contributed by atoms with Crippen LogP contribution in [0.2, 0.25) is 0 Å². The van der Waals surface area contributed by atoms with E-state index in [0.717, 1.165) is 25.1 Å². The van der Waals surface area contributed by atoms with Crippen molar-refractivity contribution in [3.8, 4) is 0 Å². The maximum Gasteiger partial charge on any atom is 0.134 e. The third-order valence-electron chi connectivity index (χ3n) is 2.40. The van der Waals surface area contributed by atoms with E-state index in [9.17, 15) is 0 Å². The average Bonchev–Trinajstić information content (AvgIpc) is 2.68. The molecule has 0 aliphatic heterocycles. The van der Waals surface area contributed by atoms with Crippen molar-refractivity contribution in [3.05, 3.63) is 36.1 Å². The van der Waals surface area contributed by atoms with Gasteiger partial charge in [-0.25, -0.2) is 0 Å². The van der Waals surface area contributed by atoms with Crippen LogP contribution in [0.15, 0.2) is 34.9 Å². The standard InChI is InChI=1S/C12H14ClNO/c13-6-8-14-7-5-10-9-15-12-4-2-1-3-11(10)12/h1-4,9,14H,5-8H2. The van der Waals surface area contributed by atoms with Crippen LogP contribution >= 0.6 is 11.6 Å². The van der Waals surface area contributed by atoms with Gasteiger partial charge in [-0.3, -0.25) is 0 Å². The lowest BCUT2D eigenvalue weighted by atomic mass is 10.1. The minimum Gasteiger partial charge on any atom is -0.464 e. The molecular weight excluding hydrogens is 210 g/mol. The Labute approximate surface area is 94.2 Å². The van der Waals surface area contributed by atoms with Crippen molar-refractivity contribution in [2.45, 2.75) is 6.42 Å². The molecule has 0 amide bonds. The van der Waals surface area contributed by atoms with E-state index in [-0.39, 0.29) is 0 Å². The Kier molecular flexibility index (Phi) is 3.64. The van der Waals surface area contributed by atoms with E-state index in [2.05, 4.69) is 11.4 Å². The SMILES string of the molecule is ClCCNCCc1coc2ccccc12. The van der Waals surface area contributed by atoms with Crippen LogP contribution in [0.1, 0.15) is 5.56 Å². The van der Waals surface area contributed by atoms with E-state index in [0.29, 0.717) is 5.88 Å². The number of para-hydroxylation sites is 1. The van der Waals surface area contributed by atoms with Gasteiger partial charge in [0.25, 0.3) is 0 Å². The summed E-state index contributed by atoms with van der Waals surface area (Å²) in [7, 11) is 0. The first kappa shape index (κ1) is 10.5. The number of alkyl halides is 1. The van der Waals surface area contributed by atoms with Gasteiger partial charge in [0.15, 0.2) is 0 Å². The maximum absolute atomic E-state index is 5.58. The lowest BCUT2D eigenvalue weighted by Crippen LogP contribution is -2.19. The van der Waals surface area contributed by atoms with Crippen LogP contribution in [0.5, 0.6) is 0 Å². The zero-order valence-corrected chi connectivity index (χ0v) is 9.26. The summed E-state index contributed by atoms with van der Waals surface area (Å²) >= 11 is 5.58. The predicted octanol–water partition coefficient (Wildman–Crippen LogP) is 2.80. The highest BCUT2D eigenvalue weighted by atomic mass is 35.5. The summed E-state index contributed by atoms with van der Waals surface area (Å²) in [5.41, 5.74) is 2.22. The molecule has 15 heavy (non-hydrogen) atoms. The maximum atomic E-state index is 5.58. The van der Waals surface area contributed by atoms with Crippen molar-refractivity contribution in [2.24, 2.45) is 0 Å². The molecule has 0 atom stereocenters. The normalized spacial score (nSPS) is 11.0. The number of benzene rings is 1. The Morgan fingerprint density at radius 3 is 2.93 bits per heavy atom. The fourth-order valence-electron chi connectivity index (χ4n) is 1.64.